The highest BCUT2D eigenvalue weighted by Crippen LogP contribution is 2.42. The number of rotatable bonds is 11. The summed E-state index contributed by atoms with van der Waals surface area (Å²) in [5.74, 6) is 0.819. The number of hydrogen-bond acceptors (Lipinski definition) is 9. The van der Waals surface area contributed by atoms with Crippen molar-refractivity contribution >= 4 is 37.6 Å². The summed E-state index contributed by atoms with van der Waals surface area (Å²) in [5, 5.41) is -0.0862. The maximum atomic E-state index is 14.3. The number of Topliss-reactive ketones (excluding diaryl/α,β-unsaturated/α-hetero) is 1. The summed E-state index contributed by atoms with van der Waals surface area (Å²) in [7, 11) is 0.782. The zero-order valence-corrected chi connectivity index (χ0v) is 27.0. The van der Waals surface area contributed by atoms with Gasteiger partial charge < -0.3 is 28.1 Å². The fraction of sp³-hybridized carbons (Fsp3) is 0.750. The van der Waals surface area contributed by atoms with E-state index >= 15 is 0 Å². The van der Waals surface area contributed by atoms with Crippen molar-refractivity contribution in [3.8, 4) is 0 Å². The molecular weight excluding hydrogens is 541 g/mol. The van der Waals surface area contributed by atoms with Gasteiger partial charge in [-0.25, -0.2) is 0 Å². The van der Waals surface area contributed by atoms with Gasteiger partial charge in [0, 0.05) is 14.2 Å². The summed E-state index contributed by atoms with van der Waals surface area (Å²) in [4.78, 5) is 14.3. The van der Waals surface area contributed by atoms with Gasteiger partial charge in [-0.05, 0) is 55.5 Å². The molecule has 1 aromatic rings. The molecule has 0 bridgehead atoms. The maximum Gasteiger partial charge on any atom is 0.196 e. The van der Waals surface area contributed by atoms with Crippen LogP contribution in [0, 0.1) is 0 Å². The fourth-order valence-corrected chi connectivity index (χ4v) is 8.61. The van der Waals surface area contributed by atoms with E-state index in [0.29, 0.717) is 6.61 Å². The first-order valence-corrected chi connectivity index (χ1v) is 18.3. The van der Waals surface area contributed by atoms with E-state index in [1.165, 1.54) is 0 Å². The first-order valence-electron chi connectivity index (χ1n) is 13.3. The SMILES string of the molecule is COC(OC)[C@H](O[Si](C)(C)C(C)(C)C)[C@@H]1OC(C)(C)O[C@H]([C@H](OCc2ccccc2)C2SCCCS2)C1=O. The number of ketones is 1. The minimum atomic E-state index is -2.34. The van der Waals surface area contributed by atoms with Crippen LogP contribution in [0.25, 0.3) is 0 Å². The Morgan fingerprint density at radius 3 is 2.16 bits per heavy atom. The molecule has 10 heteroatoms. The van der Waals surface area contributed by atoms with Crippen molar-refractivity contribution < 1.29 is 32.9 Å². The Hall–Kier alpha value is -0.433. The van der Waals surface area contributed by atoms with Crippen molar-refractivity contribution in [3.63, 3.8) is 0 Å². The van der Waals surface area contributed by atoms with Crippen molar-refractivity contribution in [2.24, 2.45) is 0 Å². The van der Waals surface area contributed by atoms with E-state index in [0.717, 1.165) is 23.5 Å². The van der Waals surface area contributed by atoms with Gasteiger partial charge in [-0.15, -0.1) is 23.5 Å². The van der Waals surface area contributed by atoms with E-state index in [2.05, 4.69) is 33.9 Å². The van der Waals surface area contributed by atoms with Gasteiger partial charge in [0.1, 0.15) is 18.3 Å². The number of carbonyl (C=O) groups excluding carboxylic acids is 1. The summed E-state index contributed by atoms with van der Waals surface area (Å²) >= 11 is 3.66. The molecule has 2 aliphatic rings. The summed E-state index contributed by atoms with van der Waals surface area (Å²) in [6, 6.07) is 10.0. The highest BCUT2D eigenvalue weighted by Gasteiger charge is 2.54. The number of benzene rings is 1. The van der Waals surface area contributed by atoms with Gasteiger partial charge in [0.25, 0.3) is 0 Å². The van der Waals surface area contributed by atoms with Crippen LogP contribution >= 0.6 is 23.5 Å². The van der Waals surface area contributed by atoms with E-state index in [-0.39, 0.29) is 15.4 Å². The lowest BCUT2D eigenvalue weighted by molar-refractivity contribution is -0.313. The first kappa shape index (κ1) is 32.1. The molecular formula is C28H46O7S2Si. The van der Waals surface area contributed by atoms with Crippen LogP contribution in [0.3, 0.4) is 0 Å². The summed E-state index contributed by atoms with van der Waals surface area (Å²) in [6.45, 7) is 14.9. The van der Waals surface area contributed by atoms with Gasteiger partial charge >= 0.3 is 0 Å². The van der Waals surface area contributed by atoms with Crippen molar-refractivity contribution in [1.29, 1.82) is 0 Å². The third-order valence-electron chi connectivity index (χ3n) is 7.36. The van der Waals surface area contributed by atoms with Crippen LogP contribution < -0.4 is 0 Å². The second kappa shape index (κ2) is 13.5. The number of thioether (sulfide) groups is 2. The summed E-state index contributed by atoms with van der Waals surface area (Å²) in [6.07, 6.45) is -2.62. The molecule has 0 spiro atoms. The van der Waals surface area contributed by atoms with Gasteiger partial charge in [0.15, 0.2) is 32.3 Å². The Morgan fingerprint density at radius 1 is 1.03 bits per heavy atom. The van der Waals surface area contributed by atoms with Crippen LogP contribution in [0.1, 0.15) is 46.6 Å². The highest BCUT2D eigenvalue weighted by molar-refractivity contribution is 8.17. The molecule has 38 heavy (non-hydrogen) atoms. The third-order valence-corrected chi connectivity index (χ3v) is 14.9. The minimum Gasteiger partial charge on any atom is -0.406 e. The molecule has 0 aromatic heterocycles. The molecule has 2 fully saturated rings. The lowest BCUT2D eigenvalue weighted by atomic mass is 9.98. The predicted octanol–water partition coefficient (Wildman–Crippen LogP) is 5.87. The van der Waals surface area contributed by atoms with Gasteiger partial charge in [-0.2, -0.15) is 0 Å². The second-order valence-corrected chi connectivity index (χ2v) is 19.3. The van der Waals surface area contributed by atoms with Crippen molar-refractivity contribution in [3.05, 3.63) is 35.9 Å². The van der Waals surface area contributed by atoms with Gasteiger partial charge in [-0.3, -0.25) is 4.79 Å². The van der Waals surface area contributed by atoms with Gasteiger partial charge in [0.2, 0.25) is 0 Å². The Balaban J connectivity index is 1.96. The molecule has 2 aliphatic heterocycles. The molecule has 4 atom stereocenters. The Morgan fingerprint density at radius 2 is 1.61 bits per heavy atom. The fourth-order valence-electron chi connectivity index (χ4n) is 4.29. The molecule has 0 N–H and O–H groups in total. The lowest BCUT2D eigenvalue weighted by Crippen LogP contribution is -2.64. The van der Waals surface area contributed by atoms with E-state index in [1.54, 1.807) is 14.2 Å². The molecule has 7 nitrogen and oxygen atoms in total. The van der Waals surface area contributed by atoms with Gasteiger partial charge in [-0.1, -0.05) is 51.1 Å². The normalized spacial score (nSPS) is 24.9. The number of ether oxygens (including phenoxy) is 5. The second-order valence-electron chi connectivity index (χ2n) is 11.8. The standard InChI is InChI=1S/C28H46O7S2Si/c1-27(2,3)38(8,9)35-23(25(30-6)31-7)21-20(29)22(34-28(4,5)33-21)24(26-36-16-13-17-37-26)32-18-19-14-11-10-12-15-19/h10-12,14-15,21-26H,13,16-18H2,1-9H3/t21-,22+,23-,24+/m1/s1. The van der Waals surface area contributed by atoms with E-state index in [4.69, 9.17) is 28.1 Å². The Bertz CT molecular complexity index is 883. The molecule has 0 saturated carbocycles. The highest BCUT2D eigenvalue weighted by atomic mass is 32.2. The lowest BCUT2D eigenvalue weighted by Gasteiger charge is -2.48. The summed E-state index contributed by atoms with van der Waals surface area (Å²) in [5.41, 5.74) is 1.05. The molecule has 0 unspecified atom stereocenters. The monoisotopic (exact) mass is 586 g/mol. The van der Waals surface area contributed by atoms with Crippen molar-refractivity contribution in [2.45, 2.75) is 107 Å². The van der Waals surface area contributed by atoms with Crippen LogP contribution in [0.15, 0.2) is 30.3 Å². The molecule has 2 saturated heterocycles. The molecule has 2 heterocycles. The topological polar surface area (TPSA) is 72.5 Å². The summed E-state index contributed by atoms with van der Waals surface area (Å²) < 4.78 is 37.4. The van der Waals surface area contributed by atoms with Crippen LogP contribution in [-0.4, -0.2) is 80.9 Å². The van der Waals surface area contributed by atoms with Crippen LogP contribution in [0.4, 0.5) is 0 Å². The predicted molar refractivity (Wildman–Crippen MR) is 157 cm³/mol. The van der Waals surface area contributed by atoms with Gasteiger partial charge in [0.05, 0.1) is 11.2 Å². The minimum absolute atomic E-state index is 0.0661. The number of methoxy groups -OCH3 is 2. The van der Waals surface area contributed by atoms with Crippen molar-refractivity contribution in [2.75, 3.05) is 25.7 Å². The van der Waals surface area contributed by atoms with Crippen LogP contribution in [0.5, 0.6) is 0 Å². The zero-order valence-electron chi connectivity index (χ0n) is 24.4. The van der Waals surface area contributed by atoms with Crippen LogP contribution in [-0.2, 0) is 39.5 Å². The third kappa shape index (κ3) is 8.07. The molecule has 216 valence electrons. The first-order chi connectivity index (χ1) is 17.8. The average molecular weight is 587 g/mol. The largest absolute Gasteiger partial charge is 0.406 e. The maximum absolute atomic E-state index is 14.3. The number of hydrogen-bond donors (Lipinski definition) is 0. The zero-order chi connectivity index (χ0) is 28.1. The molecule has 0 radical (unpaired) electrons. The van der Waals surface area contributed by atoms with E-state index < -0.39 is 44.8 Å². The van der Waals surface area contributed by atoms with Crippen molar-refractivity contribution in [1.82, 2.24) is 0 Å². The van der Waals surface area contributed by atoms with E-state index in [1.807, 2.05) is 67.7 Å². The molecule has 3 rings (SSSR count). The average Bonchev–Trinajstić information content (AvgIpc) is 2.86. The van der Waals surface area contributed by atoms with E-state index in [9.17, 15) is 4.79 Å². The quantitative estimate of drug-likeness (QED) is 0.234. The Labute approximate surface area is 238 Å². The molecule has 0 amide bonds. The smallest absolute Gasteiger partial charge is 0.196 e. The Kier molecular flexibility index (Phi) is 11.4. The van der Waals surface area contributed by atoms with Crippen LogP contribution in [0.2, 0.25) is 18.1 Å². The number of carbonyl (C=O) groups is 1. The molecule has 1 aromatic carbocycles. The molecule has 0 aliphatic carbocycles.